The zero-order valence-corrected chi connectivity index (χ0v) is 15.0. The molecule has 3 rings (SSSR count). The van der Waals surface area contributed by atoms with Gasteiger partial charge in [-0.3, -0.25) is 14.6 Å². The summed E-state index contributed by atoms with van der Waals surface area (Å²) in [7, 11) is 1.49. The molecule has 0 atom stereocenters. The first kappa shape index (κ1) is 17.6. The smallest absolute Gasteiger partial charge is 0.275 e. The highest BCUT2D eigenvalue weighted by Gasteiger charge is 2.13. The number of hydrogen-bond acceptors (Lipinski definition) is 6. The van der Waals surface area contributed by atoms with Crippen molar-refractivity contribution in [3.05, 3.63) is 64.4 Å². The van der Waals surface area contributed by atoms with Crippen LogP contribution in [0.25, 0.3) is 0 Å². The quantitative estimate of drug-likeness (QED) is 0.720. The molecule has 1 aromatic carbocycles. The number of ether oxygens (including phenoxy) is 1. The Hall–Kier alpha value is -3.26. The summed E-state index contributed by atoms with van der Waals surface area (Å²) in [4.78, 5) is 32.5. The van der Waals surface area contributed by atoms with Crippen molar-refractivity contribution in [3.8, 4) is 5.75 Å². The molecule has 2 heterocycles. The topological polar surface area (TPSA) is 93.2 Å². The number of carbonyl (C=O) groups is 2. The molecule has 0 radical (unpaired) electrons. The lowest BCUT2D eigenvalue weighted by Gasteiger charge is -2.12. The van der Waals surface area contributed by atoms with Crippen molar-refractivity contribution in [3.63, 3.8) is 0 Å². The summed E-state index contributed by atoms with van der Waals surface area (Å²) in [5, 5.41) is 8.05. The van der Waals surface area contributed by atoms with Crippen LogP contribution in [0, 0.1) is 6.92 Å². The van der Waals surface area contributed by atoms with Crippen LogP contribution < -0.4 is 15.4 Å². The van der Waals surface area contributed by atoms with Crippen molar-refractivity contribution in [2.45, 2.75) is 6.92 Å². The van der Waals surface area contributed by atoms with E-state index in [-0.39, 0.29) is 11.8 Å². The van der Waals surface area contributed by atoms with E-state index in [1.165, 1.54) is 24.6 Å². The predicted octanol–water partition coefficient (Wildman–Crippen LogP) is 3.36. The Balaban J connectivity index is 1.75. The maximum absolute atomic E-state index is 12.2. The summed E-state index contributed by atoms with van der Waals surface area (Å²) in [6.45, 7) is 1.84. The van der Waals surface area contributed by atoms with Crippen molar-refractivity contribution in [1.82, 2.24) is 9.97 Å². The molecule has 0 saturated carbocycles. The standard InChI is InChI=1S/C18H16N4O3S/c1-11-20-15(10-26-11)18(24)21-13-5-6-14(16(8-13)25-2)22-17(23)12-4-3-7-19-9-12/h3-10H,1-2H3,(H,21,24)(H,22,23). The lowest BCUT2D eigenvalue weighted by molar-refractivity contribution is 0.101. The highest BCUT2D eigenvalue weighted by molar-refractivity contribution is 7.09. The van der Waals surface area contributed by atoms with Crippen molar-refractivity contribution in [2.75, 3.05) is 17.7 Å². The van der Waals surface area contributed by atoms with Crippen molar-refractivity contribution < 1.29 is 14.3 Å². The molecule has 0 bridgehead atoms. The van der Waals surface area contributed by atoms with Crippen LogP contribution in [0.1, 0.15) is 25.9 Å². The summed E-state index contributed by atoms with van der Waals surface area (Å²) in [6.07, 6.45) is 3.07. The van der Waals surface area contributed by atoms with Gasteiger partial charge in [-0.15, -0.1) is 11.3 Å². The number of pyridine rings is 1. The van der Waals surface area contributed by atoms with Gasteiger partial charge >= 0.3 is 0 Å². The van der Waals surface area contributed by atoms with E-state index in [1.807, 2.05) is 6.92 Å². The first-order valence-corrected chi connectivity index (χ1v) is 8.57. The molecular formula is C18H16N4O3S. The van der Waals surface area contributed by atoms with Gasteiger partial charge in [0.15, 0.2) is 0 Å². The minimum Gasteiger partial charge on any atom is -0.494 e. The van der Waals surface area contributed by atoms with Crippen LogP contribution in [0.4, 0.5) is 11.4 Å². The molecule has 2 amide bonds. The summed E-state index contributed by atoms with van der Waals surface area (Å²) in [6, 6.07) is 8.33. The van der Waals surface area contributed by atoms with Crippen LogP contribution in [0.5, 0.6) is 5.75 Å². The van der Waals surface area contributed by atoms with Gasteiger partial charge in [0.1, 0.15) is 11.4 Å². The fraction of sp³-hybridized carbons (Fsp3) is 0.111. The first-order valence-electron chi connectivity index (χ1n) is 7.69. The van der Waals surface area contributed by atoms with Crippen molar-refractivity contribution in [2.24, 2.45) is 0 Å². The number of aryl methyl sites for hydroxylation is 1. The number of nitrogens with zero attached hydrogens (tertiary/aromatic N) is 2. The van der Waals surface area contributed by atoms with E-state index in [9.17, 15) is 9.59 Å². The second kappa shape index (κ2) is 7.75. The molecule has 26 heavy (non-hydrogen) atoms. The number of benzene rings is 1. The fourth-order valence-corrected chi connectivity index (χ4v) is 2.82. The zero-order chi connectivity index (χ0) is 18.5. The number of anilines is 2. The van der Waals surface area contributed by atoms with E-state index in [1.54, 1.807) is 41.9 Å². The summed E-state index contributed by atoms with van der Waals surface area (Å²) in [5.41, 5.74) is 1.83. The van der Waals surface area contributed by atoms with E-state index in [4.69, 9.17) is 4.74 Å². The molecule has 2 aromatic heterocycles. The van der Waals surface area contributed by atoms with Crippen LogP contribution >= 0.6 is 11.3 Å². The van der Waals surface area contributed by atoms with Gasteiger partial charge in [-0.05, 0) is 31.2 Å². The molecule has 2 N–H and O–H groups in total. The normalized spacial score (nSPS) is 10.2. The minimum absolute atomic E-state index is 0.300. The number of methoxy groups -OCH3 is 1. The Labute approximate surface area is 154 Å². The first-order chi connectivity index (χ1) is 12.6. The number of aromatic nitrogens is 2. The van der Waals surface area contributed by atoms with E-state index in [0.717, 1.165) is 5.01 Å². The zero-order valence-electron chi connectivity index (χ0n) is 14.1. The number of hydrogen-bond donors (Lipinski definition) is 2. The third kappa shape index (κ3) is 4.04. The molecule has 0 aliphatic carbocycles. The molecule has 0 aliphatic rings. The minimum atomic E-state index is -0.302. The van der Waals surface area contributed by atoms with Gasteiger partial charge in [0.05, 0.1) is 23.4 Å². The number of carbonyl (C=O) groups excluding carboxylic acids is 2. The van der Waals surface area contributed by atoms with Gasteiger partial charge in [-0.1, -0.05) is 0 Å². The van der Waals surface area contributed by atoms with Crippen LogP contribution in [0.2, 0.25) is 0 Å². The second-order valence-electron chi connectivity index (χ2n) is 5.32. The highest BCUT2D eigenvalue weighted by Crippen LogP contribution is 2.28. The number of rotatable bonds is 5. The van der Waals surface area contributed by atoms with Crippen molar-refractivity contribution >= 4 is 34.5 Å². The summed E-state index contributed by atoms with van der Waals surface area (Å²) >= 11 is 1.41. The van der Waals surface area contributed by atoms with Crippen molar-refractivity contribution in [1.29, 1.82) is 0 Å². The average molecular weight is 368 g/mol. The van der Waals surface area contributed by atoms with E-state index >= 15 is 0 Å². The Morgan fingerprint density at radius 2 is 2.00 bits per heavy atom. The lowest BCUT2D eigenvalue weighted by Crippen LogP contribution is -2.14. The van der Waals surface area contributed by atoms with Gasteiger partial charge in [-0.2, -0.15) is 0 Å². The molecule has 8 heteroatoms. The molecular weight excluding hydrogens is 352 g/mol. The molecule has 132 valence electrons. The Bertz CT molecular complexity index is 941. The van der Waals surface area contributed by atoms with Gasteiger partial charge < -0.3 is 15.4 Å². The Morgan fingerprint density at radius 3 is 2.65 bits per heavy atom. The predicted molar refractivity (Wildman–Crippen MR) is 100.0 cm³/mol. The van der Waals surface area contributed by atoms with Gasteiger partial charge in [0.2, 0.25) is 0 Å². The van der Waals surface area contributed by atoms with Crippen LogP contribution in [-0.2, 0) is 0 Å². The number of thiazole rings is 1. The van der Waals surface area contributed by atoms with E-state index in [0.29, 0.717) is 28.4 Å². The molecule has 0 saturated heterocycles. The van der Waals surface area contributed by atoms with E-state index in [2.05, 4.69) is 20.6 Å². The van der Waals surface area contributed by atoms with Crippen LogP contribution in [0.15, 0.2) is 48.1 Å². The number of nitrogens with one attached hydrogen (secondary N) is 2. The molecule has 7 nitrogen and oxygen atoms in total. The fourth-order valence-electron chi connectivity index (χ4n) is 2.23. The third-order valence-corrected chi connectivity index (χ3v) is 4.26. The molecule has 0 aliphatic heterocycles. The highest BCUT2D eigenvalue weighted by atomic mass is 32.1. The number of amides is 2. The van der Waals surface area contributed by atoms with Gasteiger partial charge in [-0.25, -0.2) is 4.98 Å². The monoisotopic (exact) mass is 368 g/mol. The van der Waals surface area contributed by atoms with Crippen LogP contribution in [0.3, 0.4) is 0 Å². The lowest BCUT2D eigenvalue weighted by atomic mass is 10.2. The molecule has 0 fully saturated rings. The van der Waals surface area contributed by atoms with E-state index < -0.39 is 0 Å². The maximum Gasteiger partial charge on any atom is 0.275 e. The molecule has 0 spiro atoms. The Morgan fingerprint density at radius 1 is 1.15 bits per heavy atom. The average Bonchev–Trinajstić information content (AvgIpc) is 3.10. The summed E-state index contributed by atoms with van der Waals surface area (Å²) < 4.78 is 5.32. The largest absolute Gasteiger partial charge is 0.494 e. The maximum atomic E-state index is 12.2. The molecule has 3 aromatic rings. The van der Waals surface area contributed by atoms with Gasteiger partial charge in [0.25, 0.3) is 11.8 Å². The second-order valence-corrected chi connectivity index (χ2v) is 6.38. The van der Waals surface area contributed by atoms with Gasteiger partial charge in [0, 0.05) is 29.5 Å². The Kier molecular flexibility index (Phi) is 5.23. The SMILES string of the molecule is COc1cc(NC(=O)c2csc(C)n2)ccc1NC(=O)c1cccnc1. The summed E-state index contributed by atoms with van der Waals surface area (Å²) in [5.74, 6) is -0.177. The molecule has 0 unspecified atom stereocenters. The third-order valence-electron chi connectivity index (χ3n) is 3.48. The van der Waals surface area contributed by atoms with Crippen LogP contribution in [-0.4, -0.2) is 28.9 Å².